The van der Waals surface area contributed by atoms with Crippen molar-refractivity contribution in [1.82, 2.24) is 15.3 Å². The third-order valence-electron chi connectivity index (χ3n) is 3.82. The van der Waals surface area contributed by atoms with Gasteiger partial charge < -0.3 is 10.2 Å². The summed E-state index contributed by atoms with van der Waals surface area (Å²) in [4.78, 5) is 22.9. The number of carbonyl (C=O) groups excluding carboxylic acids is 1. The van der Waals surface area contributed by atoms with Crippen molar-refractivity contribution in [3.05, 3.63) is 53.7 Å². The summed E-state index contributed by atoms with van der Waals surface area (Å²) in [6.07, 6.45) is 5.62. The molecule has 134 valence electrons. The summed E-state index contributed by atoms with van der Waals surface area (Å²) in [7, 11) is 0. The van der Waals surface area contributed by atoms with Crippen LogP contribution in [0.1, 0.15) is 42.7 Å². The maximum Gasteiger partial charge on any atom is 0.271 e. The molecule has 1 N–H and O–H groups in total. The van der Waals surface area contributed by atoms with E-state index in [1.54, 1.807) is 24.4 Å². The molecule has 1 amide bonds. The number of hydrogen-bond acceptors (Lipinski definition) is 4. The summed E-state index contributed by atoms with van der Waals surface area (Å²) in [6, 6.07) is 6.56. The first-order valence-corrected chi connectivity index (χ1v) is 8.74. The number of benzene rings is 1. The number of rotatable bonds is 9. The number of aromatic nitrogens is 2. The average molecular weight is 344 g/mol. The average Bonchev–Trinajstić information content (AvgIpc) is 2.63. The lowest BCUT2D eigenvalue weighted by molar-refractivity contribution is 0.0948. The van der Waals surface area contributed by atoms with E-state index in [1.165, 1.54) is 12.3 Å². The molecule has 2 rings (SSSR count). The zero-order valence-electron chi connectivity index (χ0n) is 14.8. The molecule has 5 nitrogen and oxygen atoms in total. The predicted molar refractivity (Wildman–Crippen MR) is 97.3 cm³/mol. The highest BCUT2D eigenvalue weighted by Crippen LogP contribution is 2.10. The Morgan fingerprint density at radius 3 is 2.44 bits per heavy atom. The van der Waals surface area contributed by atoms with E-state index >= 15 is 0 Å². The Balaban J connectivity index is 1.90. The molecule has 0 saturated heterocycles. The fraction of sp³-hybridized carbons (Fsp3) is 0.421. The van der Waals surface area contributed by atoms with E-state index in [1.807, 2.05) is 0 Å². The summed E-state index contributed by atoms with van der Waals surface area (Å²) >= 11 is 0. The molecular formula is C19H25FN4O. The fourth-order valence-electron chi connectivity index (χ4n) is 2.58. The van der Waals surface area contributed by atoms with Gasteiger partial charge in [0, 0.05) is 19.6 Å². The lowest BCUT2D eigenvalue weighted by Crippen LogP contribution is -2.28. The van der Waals surface area contributed by atoms with Gasteiger partial charge in [-0.1, -0.05) is 32.0 Å². The Bertz CT molecular complexity index is 669. The van der Waals surface area contributed by atoms with Crippen LogP contribution in [0.3, 0.4) is 0 Å². The van der Waals surface area contributed by atoms with E-state index in [9.17, 15) is 9.18 Å². The van der Waals surface area contributed by atoms with Crippen molar-refractivity contribution in [2.45, 2.75) is 33.1 Å². The molecule has 0 atom stereocenters. The van der Waals surface area contributed by atoms with Crippen LogP contribution in [-0.2, 0) is 6.42 Å². The van der Waals surface area contributed by atoms with E-state index in [-0.39, 0.29) is 17.4 Å². The van der Waals surface area contributed by atoms with Crippen LogP contribution < -0.4 is 10.2 Å². The maximum atomic E-state index is 13.5. The lowest BCUT2D eigenvalue weighted by Gasteiger charge is -2.22. The first-order valence-electron chi connectivity index (χ1n) is 8.74. The van der Waals surface area contributed by atoms with Gasteiger partial charge in [0.25, 0.3) is 5.91 Å². The van der Waals surface area contributed by atoms with E-state index in [4.69, 9.17) is 0 Å². The first kappa shape index (κ1) is 18.8. The highest BCUT2D eigenvalue weighted by molar-refractivity contribution is 5.92. The molecule has 0 aliphatic rings. The zero-order valence-corrected chi connectivity index (χ0v) is 14.8. The van der Waals surface area contributed by atoms with Crippen LogP contribution in [-0.4, -0.2) is 35.5 Å². The standard InChI is InChI=1S/C19H25FN4O/c1-3-11-24(12-4-2)18-14-22-17(13-23-18)19(25)21-10-9-15-7-5-6-8-16(15)20/h5-8,13-14H,3-4,9-12H2,1-2H3,(H,21,25). The Hall–Kier alpha value is -2.50. The minimum Gasteiger partial charge on any atom is -0.355 e. The van der Waals surface area contributed by atoms with Crippen molar-refractivity contribution in [3.8, 4) is 0 Å². The summed E-state index contributed by atoms with van der Waals surface area (Å²) in [6.45, 7) is 6.41. The van der Waals surface area contributed by atoms with Gasteiger partial charge in [0.1, 0.15) is 17.3 Å². The highest BCUT2D eigenvalue weighted by atomic mass is 19.1. The molecule has 0 unspecified atom stereocenters. The van der Waals surface area contributed by atoms with Crippen LogP contribution in [0.4, 0.5) is 10.2 Å². The van der Waals surface area contributed by atoms with Crippen LogP contribution in [0.2, 0.25) is 0 Å². The van der Waals surface area contributed by atoms with E-state index in [0.717, 1.165) is 31.7 Å². The molecule has 1 heterocycles. The lowest BCUT2D eigenvalue weighted by atomic mass is 10.1. The van der Waals surface area contributed by atoms with Gasteiger partial charge in [0.15, 0.2) is 0 Å². The molecule has 6 heteroatoms. The molecule has 0 saturated carbocycles. The molecule has 0 aliphatic carbocycles. The second-order valence-electron chi connectivity index (χ2n) is 5.84. The largest absolute Gasteiger partial charge is 0.355 e. The van der Waals surface area contributed by atoms with Crippen molar-refractivity contribution in [3.63, 3.8) is 0 Å². The smallest absolute Gasteiger partial charge is 0.271 e. The number of carbonyl (C=O) groups is 1. The van der Waals surface area contributed by atoms with E-state index in [0.29, 0.717) is 18.5 Å². The van der Waals surface area contributed by atoms with Gasteiger partial charge in [-0.2, -0.15) is 0 Å². The number of nitrogens with one attached hydrogen (secondary N) is 1. The van der Waals surface area contributed by atoms with Crippen molar-refractivity contribution < 1.29 is 9.18 Å². The topological polar surface area (TPSA) is 58.1 Å². The van der Waals surface area contributed by atoms with Gasteiger partial charge in [-0.25, -0.2) is 14.4 Å². The van der Waals surface area contributed by atoms with Gasteiger partial charge in [0.2, 0.25) is 0 Å². The molecule has 0 radical (unpaired) electrons. The number of halogens is 1. The highest BCUT2D eigenvalue weighted by Gasteiger charge is 2.11. The first-order chi connectivity index (χ1) is 12.2. The van der Waals surface area contributed by atoms with Crippen LogP contribution in [0.25, 0.3) is 0 Å². The van der Waals surface area contributed by atoms with Gasteiger partial charge in [-0.3, -0.25) is 4.79 Å². The zero-order chi connectivity index (χ0) is 18.1. The number of amides is 1. The quantitative estimate of drug-likeness (QED) is 0.759. The summed E-state index contributed by atoms with van der Waals surface area (Å²) in [5.41, 5.74) is 0.851. The minimum atomic E-state index is -0.298. The molecule has 25 heavy (non-hydrogen) atoms. The Morgan fingerprint density at radius 2 is 1.84 bits per heavy atom. The van der Waals surface area contributed by atoms with Gasteiger partial charge >= 0.3 is 0 Å². The molecular weight excluding hydrogens is 319 g/mol. The third-order valence-corrected chi connectivity index (χ3v) is 3.82. The Morgan fingerprint density at radius 1 is 1.12 bits per heavy atom. The number of nitrogens with zero attached hydrogens (tertiary/aromatic N) is 3. The molecule has 0 fully saturated rings. The van der Waals surface area contributed by atoms with E-state index < -0.39 is 0 Å². The monoisotopic (exact) mass is 344 g/mol. The van der Waals surface area contributed by atoms with Crippen LogP contribution in [0, 0.1) is 5.82 Å². The van der Waals surface area contributed by atoms with Crippen LogP contribution >= 0.6 is 0 Å². The third kappa shape index (κ3) is 5.52. The Kier molecular flexibility index (Phi) is 7.32. The second kappa shape index (κ2) is 9.71. The summed E-state index contributed by atoms with van der Waals surface area (Å²) in [5.74, 6) is 0.229. The molecule has 0 spiro atoms. The van der Waals surface area contributed by atoms with Crippen LogP contribution in [0.15, 0.2) is 36.7 Å². The Labute approximate surface area is 148 Å². The van der Waals surface area contributed by atoms with Crippen molar-refractivity contribution in [1.29, 1.82) is 0 Å². The molecule has 1 aromatic carbocycles. The fourth-order valence-corrected chi connectivity index (χ4v) is 2.58. The molecule has 0 bridgehead atoms. The van der Waals surface area contributed by atoms with Crippen molar-refractivity contribution >= 4 is 11.7 Å². The second-order valence-corrected chi connectivity index (χ2v) is 5.84. The number of hydrogen-bond donors (Lipinski definition) is 1. The van der Waals surface area contributed by atoms with Crippen LogP contribution in [0.5, 0.6) is 0 Å². The van der Waals surface area contributed by atoms with Crippen molar-refractivity contribution in [2.24, 2.45) is 0 Å². The SMILES string of the molecule is CCCN(CCC)c1cnc(C(=O)NCCc2ccccc2F)cn1. The summed E-state index contributed by atoms with van der Waals surface area (Å²) < 4.78 is 13.5. The van der Waals surface area contributed by atoms with Gasteiger partial charge in [-0.15, -0.1) is 0 Å². The molecule has 0 aliphatic heterocycles. The summed E-state index contributed by atoms with van der Waals surface area (Å²) in [5, 5.41) is 2.75. The maximum absolute atomic E-state index is 13.5. The van der Waals surface area contributed by atoms with Gasteiger partial charge in [0.05, 0.1) is 12.4 Å². The van der Waals surface area contributed by atoms with E-state index in [2.05, 4.69) is 34.0 Å². The number of anilines is 1. The molecule has 2 aromatic rings. The minimum absolute atomic E-state index is 0.257. The van der Waals surface area contributed by atoms with Crippen molar-refractivity contribution in [2.75, 3.05) is 24.5 Å². The molecule has 1 aromatic heterocycles. The predicted octanol–water partition coefficient (Wildman–Crippen LogP) is 3.21. The van der Waals surface area contributed by atoms with Gasteiger partial charge in [-0.05, 0) is 30.9 Å². The normalized spacial score (nSPS) is 10.5.